The van der Waals surface area contributed by atoms with Crippen molar-refractivity contribution in [1.29, 1.82) is 0 Å². The van der Waals surface area contributed by atoms with Gasteiger partial charge >= 0.3 is 0 Å². The Hall–Kier alpha value is -1.92. The van der Waals surface area contributed by atoms with Gasteiger partial charge in [-0.15, -0.1) is 11.3 Å². The van der Waals surface area contributed by atoms with Gasteiger partial charge in [-0.25, -0.2) is 4.98 Å². The van der Waals surface area contributed by atoms with E-state index in [1.54, 1.807) is 11.3 Å². The number of anilines is 1. The van der Waals surface area contributed by atoms with E-state index in [4.69, 9.17) is 4.74 Å². The maximum atomic E-state index is 12.5. The number of thiazole rings is 1. The van der Waals surface area contributed by atoms with Crippen LogP contribution in [0.25, 0.3) is 0 Å². The Morgan fingerprint density at radius 1 is 1.29 bits per heavy atom. The van der Waals surface area contributed by atoms with E-state index in [2.05, 4.69) is 15.6 Å². The second-order valence-corrected chi connectivity index (χ2v) is 7.46. The molecule has 5 nitrogen and oxygen atoms in total. The molecule has 126 valence electrons. The molecule has 0 spiro atoms. The minimum Gasteiger partial charge on any atom is -0.492 e. The van der Waals surface area contributed by atoms with Gasteiger partial charge in [0.1, 0.15) is 12.4 Å². The number of carbonyl (C=O) groups is 1. The minimum atomic E-state index is -0.161. The lowest BCUT2D eigenvalue weighted by atomic mass is 9.96. The average Bonchev–Trinajstić information content (AvgIpc) is 3.10. The normalized spacial score (nSPS) is 20.9. The molecule has 0 radical (unpaired) electrons. The number of amides is 1. The molecule has 1 aromatic carbocycles. The van der Waals surface area contributed by atoms with Crippen LogP contribution in [-0.4, -0.2) is 30.6 Å². The molecule has 1 saturated heterocycles. The van der Waals surface area contributed by atoms with Crippen molar-refractivity contribution >= 4 is 22.4 Å². The first-order chi connectivity index (χ1) is 11.8. The van der Waals surface area contributed by atoms with Gasteiger partial charge in [0.15, 0.2) is 5.13 Å². The van der Waals surface area contributed by atoms with E-state index in [-0.39, 0.29) is 11.8 Å². The van der Waals surface area contributed by atoms with E-state index < -0.39 is 0 Å². The molecule has 1 aromatic heterocycles. The highest BCUT2D eigenvalue weighted by molar-refractivity contribution is 7.15. The van der Waals surface area contributed by atoms with Crippen molar-refractivity contribution < 1.29 is 9.53 Å². The molecule has 2 N–H and O–H groups in total. The van der Waals surface area contributed by atoms with Crippen molar-refractivity contribution in [2.75, 3.05) is 25.0 Å². The van der Waals surface area contributed by atoms with Crippen molar-refractivity contribution in [3.63, 3.8) is 0 Å². The Balaban J connectivity index is 1.39. The summed E-state index contributed by atoms with van der Waals surface area (Å²) in [5, 5.41) is 7.05. The van der Waals surface area contributed by atoms with Crippen LogP contribution < -0.4 is 15.4 Å². The largest absolute Gasteiger partial charge is 0.492 e. The SMILES string of the molecule is O=C(Nc1ncc(C2CCNCC2)s1)C1COc2ccccc2C1. The second-order valence-electron chi connectivity index (χ2n) is 6.40. The summed E-state index contributed by atoms with van der Waals surface area (Å²) in [4.78, 5) is 18.2. The van der Waals surface area contributed by atoms with Crippen molar-refractivity contribution in [3.05, 3.63) is 40.9 Å². The third-order valence-corrected chi connectivity index (χ3v) is 5.82. The van der Waals surface area contributed by atoms with Crippen LogP contribution in [-0.2, 0) is 11.2 Å². The highest BCUT2D eigenvalue weighted by atomic mass is 32.1. The monoisotopic (exact) mass is 343 g/mol. The standard InChI is InChI=1S/C18H21N3O2S/c22-17(14-9-13-3-1-2-4-15(13)23-11-14)21-18-20-10-16(24-18)12-5-7-19-8-6-12/h1-4,10,12,14,19H,5-9,11H2,(H,20,21,22). The Kier molecular flexibility index (Phi) is 4.49. The first-order valence-electron chi connectivity index (χ1n) is 8.47. The Bertz CT molecular complexity index is 725. The number of hydrogen-bond acceptors (Lipinski definition) is 5. The van der Waals surface area contributed by atoms with Crippen LogP contribution in [0.15, 0.2) is 30.5 Å². The fraction of sp³-hybridized carbons (Fsp3) is 0.444. The van der Waals surface area contributed by atoms with Crippen LogP contribution >= 0.6 is 11.3 Å². The smallest absolute Gasteiger partial charge is 0.233 e. The predicted octanol–water partition coefficient (Wildman–Crippen LogP) is 2.80. The van der Waals surface area contributed by atoms with Gasteiger partial charge in [0, 0.05) is 11.1 Å². The molecule has 4 rings (SSSR count). The summed E-state index contributed by atoms with van der Waals surface area (Å²) in [6.45, 7) is 2.54. The lowest BCUT2D eigenvalue weighted by Crippen LogP contribution is -2.32. The van der Waals surface area contributed by atoms with E-state index in [0.717, 1.165) is 37.2 Å². The molecule has 0 aliphatic carbocycles. The van der Waals surface area contributed by atoms with Gasteiger partial charge in [0.05, 0.1) is 5.92 Å². The van der Waals surface area contributed by atoms with E-state index in [1.165, 1.54) is 4.88 Å². The molecule has 3 heterocycles. The summed E-state index contributed by atoms with van der Waals surface area (Å²) in [6.07, 6.45) is 4.92. The summed E-state index contributed by atoms with van der Waals surface area (Å²) in [5.41, 5.74) is 1.10. The van der Waals surface area contributed by atoms with E-state index in [0.29, 0.717) is 24.1 Å². The number of nitrogens with one attached hydrogen (secondary N) is 2. The number of aromatic nitrogens is 1. The third kappa shape index (κ3) is 3.30. The summed E-state index contributed by atoms with van der Waals surface area (Å²) in [6, 6.07) is 7.91. The topological polar surface area (TPSA) is 63.2 Å². The number of para-hydroxylation sites is 1. The van der Waals surface area contributed by atoms with Crippen LogP contribution in [0.5, 0.6) is 5.75 Å². The zero-order valence-corrected chi connectivity index (χ0v) is 14.3. The summed E-state index contributed by atoms with van der Waals surface area (Å²) >= 11 is 1.61. The molecule has 2 aliphatic rings. The van der Waals surface area contributed by atoms with Gasteiger partial charge in [-0.3, -0.25) is 4.79 Å². The molecular formula is C18H21N3O2S. The van der Waals surface area contributed by atoms with E-state index >= 15 is 0 Å². The van der Waals surface area contributed by atoms with Gasteiger partial charge < -0.3 is 15.4 Å². The Morgan fingerprint density at radius 3 is 3.00 bits per heavy atom. The first-order valence-corrected chi connectivity index (χ1v) is 9.29. The lowest BCUT2D eigenvalue weighted by Gasteiger charge is -2.24. The number of hydrogen-bond donors (Lipinski definition) is 2. The van der Waals surface area contributed by atoms with Gasteiger partial charge in [0.25, 0.3) is 0 Å². The first kappa shape index (κ1) is 15.6. The van der Waals surface area contributed by atoms with Crippen molar-refractivity contribution in [3.8, 4) is 5.75 Å². The molecule has 1 amide bonds. The summed E-state index contributed by atoms with van der Waals surface area (Å²) in [5.74, 6) is 1.30. The molecule has 0 saturated carbocycles. The fourth-order valence-corrected chi connectivity index (χ4v) is 4.33. The number of fused-ring (bicyclic) bond motifs is 1. The van der Waals surface area contributed by atoms with Crippen molar-refractivity contribution in [2.24, 2.45) is 5.92 Å². The average molecular weight is 343 g/mol. The Labute approximate surface area is 145 Å². The number of benzene rings is 1. The number of piperidine rings is 1. The molecule has 2 aromatic rings. The van der Waals surface area contributed by atoms with Gasteiger partial charge in [-0.05, 0) is 49.9 Å². The second kappa shape index (κ2) is 6.91. The molecule has 1 atom stereocenters. The highest BCUT2D eigenvalue weighted by Gasteiger charge is 2.26. The van der Waals surface area contributed by atoms with Crippen LogP contribution in [0, 0.1) is 5.92 Å². The molecule has 1 fully saturated rings. The lowest BCUT2D eigenvalue weighted by molar-refractivity contribution is -0.121. The quantitative estimate of drug-likeness (QED) is 0.899. The van der Waals surface area contributed by atoms with Crippen LogP contribution in [0.2, 0.25) is 0 Å². The number of nitrogens with zero attached hydrogens (tertiary/aromatic N) is 1. The maximum Gasteiger partial charge on any atom is 0.233 e. The minimum absolute atomic E-state index is 0.00397. The van der Waals surface area contributed by atoms with Crippen molar-refractivity contribution in [1.82, 2.24) is 10.3 Å². The highest BCUT2D eigenvalue weighted by Crippen LogP contribution is 2.32. The molecule has 1 unspecified atom stereocenters. The summed E-state index contributed by atoms with van der Waals surface area (Å²) < 4.78 is 5.71. The number of carbonyl (C=O) groups excluding carboxylic acids is 1. The number of rotatable bonds is 3. The van der Waals surface area contributed by atoms with Gasteiger partial charge in [0.2, 0.25) is 5.91 Å². The van der Waals surface area contributed by atoms with Gasteiger partial charge in [-0.1, -0.05) is 18.2 Å². The van der Waals surface area contributed by atoms with E-state index in [9.17, 15) is 4.79 Å². The fourth-order valence-electron chi connectivity index (χ4n) is 3.34. The van der Waals surface area contributed by atoms with Crippen LogP contribution in [0.4, 0.5) is 5.13 Å². The van der Waals surface area contributed by atoms with Gasteiger partial charge in [-0.2, -0.15) is 0 Å². The zero-order chi connectivity index (χ0) is 16.4. The molecule has 24 heavy (non-hydrogen) atoms. The Morgan fingerprint density at radius 2 is 2.12 bits per heavy atom. The van der Waals surface area contributed by atoms with Crippen LogP contribution in [0.3, 0.4) is 0 Å². The predicted molar refractivity (Wildman–Crippen MR) is 94.7 cm³/mol. The van der Waals surface area contributed by atoms with E-state index in [1.807, 2.05) is 30.5 Å². The van der Waals surface area contributed by atoms with Crippen LogP contribution in [0.1, 0.15) is 29.2 Å². The van der Waals surface area contributed by atoms with Crippen molar-refractivity contribution in [2.45, 2.75) is 25.2 Å². The maximum absolute atomic E-state index is 12.5. The zero-order valence-electron chi connectivity index (χ0n) is 13.5. The number of ether oxygens (including phenoxy) is 1. The molecule has 0 bridgehead atoms. The molecule has 6 heteroatoms. The third-order valence-electron chi connectivity index (χ3n) is 4.74. The molecular weight excluding hydrogens is 322 g/mol. The molecule has 2 aliphatic heterocycles. The summed E-state index contributed by atoms with van der Waals surface area (Å²) in [7, 11) is 0.